The number of para-hydroxylation sites is 1. The number of anilines is 2. The lowest BCUT2D eigenvalue weighted by Crippen LogP contribution is -2.18. The summed E-state index contributed by atoms with van der Waals surface area (Å²) in [5.41, 5.74) is 1.24. The molecule has 0 spiro atoms. The third-order valence-corrected chi connectivity index (χ3v) is 3.27. The van der Waals surface area contributed by atoms with Crippen LogP contribution in [0.1, 0.15) is 20.7 Å². The Morgan fingerprint density at radius 1 is 0.750 bits per heavy atom. The molecule has 0 atom stereocenters. The number of amides is 2. The summed E-state index contributed by atoms with van der Waals surface area (Å²) in [4.78, 5) is 32.6. The van der Waals surface area contributed by atoms with Gasteiger partial charge in [0.2, 0.25) is 0 Å². The van der Waals surface area contributed by atoms with Crippen molar-refractivity contribution in [1.29, 1.82) is 0 Å². The van der Waals surface area contributed by atoms with Gasteiger partial charge in [0, 0.05) is 24.2 Å². The van der Waals surface area contributed by atoms with Crippen LogP contribution in [0.4, 0.5) is 11.5 Å². The average molecular weight is 318 g/mol. The summed E-state index contributed by atoms with van der Waals surface area (Å²) in [6.45, 7) is 0. The molecule has 2 aromatic heterocycles. The van der Waals surface area contributed by atoms with Gasteiger partial charge in [0.05, 0.1) is 11.3 Å². The highest BCUT2D eigenvalue weighted by atomic mass is 16.2. The SMILES string of the molecule is O=C(Nc1ccccc1C(=O)Nc1ccccn1)c1ccncc1. The summed E-state index contributed by atoms with van der Waals surface area (Å²) in [5.74, 6) is -0.215. The van der Waals surface area contributed by atoms with Crippen molar-refractivity contribution in [1.82, 2.24) is 9.97 Å². The molecule has 6 nitrogen and oxygen atoms in total. The number of rotatable bonds is 4. The zero-order valence-electron chi connectivity index (χ0n) is 12.6. The van der Waals surface area contributed by atoms with E-state index < -0.39 is 0 Å². The monoisotopic (exact) mass is 318 g/mol. The molecule has 2 heterocycles. The van der Waals surface area contributed by atoms with Crippen molar-refractivity contribution in [2.75, 3.05) is 10.6 Å². The molecule has 1 aromatic carbocycles. The summed E-state index contributed by atoms with van der Waals surface area (Å²) in [6, 6.07) is 15.2. The Kier molecular flexibility index (Phi) is 4.57. The average Bonchev–Trinajstić information content (AvgIpc) is 2.63. The number of nitrogens with one attached hydrogen (secondary N) is 2. The van der Waals surface area contributed by atoms with Gasteiger partial charge in [-0.05, 0) is 36.4 Å². The minimum absolute atomic E-state index is 0.310. The molecule has 118 valence electrons. The van der Waals surface area contributed by atoms with Crippen molar-refractivity contribution >= 4 is 23.3 Å². The zero-order chi connectivity index (χ0) is 16.8. The molecule has 0 fully saturated rings. The van der Waals surface area contributed by atoms with Gasteiger partial charge in [-0.15, -0.1) is 0 Å². The lowest BCUT2D eigenvalue weighted by Gasteiger charge is -2.11. The molecular formula is C18H14N4O2. The Labute approximate surface area is 138 Å². The van der Waals surface area contributed by atoms with Crippen LogP contribution in [0.25, 0.3) is 0 Å². The molecule has 0 aliphatic heterocycles. The van der Waals surface area contributed by atoms with E-state index in [1.165, 1.54) is 12.4 Å². The van der Waals surface area contributed by atoms with E-state index in [9.17, 15) is 9.59 Å². The lowest BCUT2D eigenvalue weighted by molar-refractivity contribution is 0.102. The zero-order valence-corrected chi connectivity index (χ0v) is 12.6. The third-order valence-electron chi connectivity index (χ3n) is 3.27. The molecule has 0 radical (unpaired) electrons. The Hall–Kier alpha value is -3.54. The van der Waals surface area contributed by atoms with E-state index in [4.69, 9.17) is 0 Å². The largest absolute Gasteiger partial charge is 0.321 e. The molecule has 3 aromatic rings. The van der Waals surface area contributed by atoms with Crippen LogP contribution in [-0.2, 0) is 0 Å². The Morgan fingerprint density at radius 2 is 1.50 bits per heavy atom. The Bertz CT molecular complexity index is 851. The molecule has 0 aliphatic carbocycles. The van der Waals surface area contributed by atoms with Crippen LogP contribution in [0, 0.1) is 0 Å². The van der Waals surface area contributed by atoms with Gasteiger partial charge in [-0.25, -0.2) is 4.98 Å². The van der Waals surface area contributed by atoms with Gasteiger partial charge in [0.1, 0.15) is 5.82 Å². The first kappa shape index (κ1) is 15.4. The van der Waals surface area contributed by atoms with Crippen molar-refractivity contribution in [3.63, 3.8) is 0 Å². The number of pyridine rings is 2. The number of nitrogens with zero attached hydrogens (tertiary/aromatic N) is 2. The second-order valence-electron chi connectivity index (χ2n) is 4.90. The first-order chi connectivity index (χ1) is 11.7. The summed E-state index contributed by atoms with van der Waals surface area (Å²) in [6.07, 6.45) is 4.66. The maximum atomic E-state index is 12.4. The van der Waals surface area contributed by atoms with Crippen LogP contribution in [0.5, 0.6) is 0 Å². The standard InChI is InChI=1S/C18H14N4O2/c23-17(13-8-11-19-12-9-13)21-15-6-2-1-5-14(15)18(24)22-16-7-3-4-10-20-16/h1-12H,(H,21,23)(H,20,22,24). The van der Waals surface area contributed by atoms with Crippen LogP contribution in [-0.4, -0.2) is 21.8 Å². The van der Waals surface area contributed by atoms with Crippen LogP contribution >= 0.6 is 0 Å². The van der Waals surface area contributed by atoms with E-state index in [0.29, 0.717) is 22.6 Å². The fourth-order valence-electron chi connectivity index (χ4n) is 2.11. The predicted molar refractivity (Wildman–Crippen MR) is 90.8 cm³/mol. The minimum atomic E-state index is -0.348. The first-order valence-electron chi connectivity index (χ1n) is 7.27. The highest BCUT2D eigenvalue weighted by molar-refractivity contribution is 6.12. The van der Waals surface area contributed by atoms with E-state index in [-0.39, 0.29) is 11.8 Å². The minimum Gasteiger partial charge on any atom is -0.321 e. The fraction of sp³-hybridized carbons (Fsp3) is 0. The van der Waals surface area contributed by atoms with Crippen molar-refractivity contribution in [2.24, 2.45) is 0 Å². The Balaban J connectivity index is 1.80. The Morgan fingerprint density at radius 3 is 2.25 bits per heavy atom. The molecule has 3 rings (SSSR count). The summed E-state index contributed by atoms with van der Waals surface area (Å²) >= 11 is 0. The van der Waals surface area contributed by atoms with Gasteiger partial charge < -0.3 is 10.6 Å². The number of hydrogen-bond acceptors (Lipinski definition) is 4. The lowest BCUT2D eigenvalue weighted by atomic mass is 10.1. The molecule has 6 heteroatoms. The van der Waals surface area contributed by atoms with E-state index in [1.54, 1.807) is 60.8 Å². The quantitative estimate of drug-likeness (QED) is 0.774. The van der Waals surface area contributed by atoms with E-state index in [0.717, 1.165) is 0 Å². The number of carbonyl (C=O) groups excluding carboxylic acids is 2. The predicted octanol–water partition coefficient (Wildman–Crippen LogP) is 2.98. The number of carbonyl (C=O) groups is 2. The highest BCUT2D eigenvalue weighted by Crippen LogP contribution is 2.17. The first-order valence-corrected chi connectivity index (χ1v) is 7.27. The van der Waals surface area contributed by atoms with Crippen molar-refractivity contribution in [3.8, 4) is 0 Å². The topological polar surface area (TPSA) is 84.0 Å². The van der Waals surface area contributed by atoms with E-state index >= 15 is 0 Å². The smallest absolute Gasteiger partial charge is 0.258 e. The molecule has 0 saturated carbocycles. The fourth-order valence-corrected chi connectivity index (χ4v) is 2.11. The van der Waals surface area contributed by atoms with Crippen LogP contribution in [0.3, 0.4) is 0 Å². The normalized spacial score (nSPS) is 10.0. The molecule has 24 heavy (non-hydrogen) atoms. The third kappa shape index (κ3) is 3.61. The van der Waals surface area contributed by atoms with Gasteiger partial charge >= 0.3 is 0 Å². The van der Waals surface area contributed by atoms with Crippen LogP contribution in [0.15, 0.2) is 73.2 Å². The van der Waals surface area contributed by atoms with Gasteiger partial charge in [0.25, 0.3) is 11.8 Å². The van der Waals surface area contributed by atoms with Crippen LogP contribution in [0.2, 0.25) is 0 Å². The second kappa shape index (κ2) is 7.15. The summed E-state index contributed by atoms with van der Waals surface area (Å²) in [7, 11) is 0. The van der Waals surface area contributed by atoms with Crippen LogP contribution < -0.4 is 10.6 Å². The maximum Gasteiger partial charge on any atom is 0.258 e. The number of hydrogen-bond donors (Lipinski definition) is 2. The molecule has 2 N–H and O–H groups in total. The van der Waals surface area contributed by atoms with Crippen molar-refractivity contribution in [3.05, 3.63) is 84.3 Å². The molecule has 0 bridgehead atoms. The molecule has 0 saturated heterocycles. The molecule has 2 amide bonds. The van der Waals surface area contributed by atoms with Crippen molar-refractivity contribution < 1.29 is 9.59 Å². The molecule has 0 aliphatic rings. The number of aromatic nitrogens is 2. The van der Waals surface area contributed by atoms with E-state index in [1.807, 2.05) is 0 Å². The summed E-state index contributed by atoms with van der Waals surface area (Å²) in [5, 5.41) is 5.45. The molecule has 0 unspecified atom stereocenters. The van der Waals surface area contributed by atoms with Gasteiger partial charge in [0.15, 0.2) is 0 Å². The van der Waals surface area contributed by atoms with Gasteiger partial charge in [-0.2, -0.15) is 0 Å². The second-order valence-corrected chi connectivity index (χ2v) is 4.90. The molecular weight excluding hydrogens is 304 g/mol. The van der Waals surface area contributed by atoms with Gasteiger partial charge in [-0.3, -0.25) is 14.6 Å². The highest BCUT2D eigenvalue weighted by Gasteiger charge is 2.14. The van der Waals surface area contributed by atoms with E-state index in [2.05, 4.69) is 20.6 Å². The van der Waals surface area contributed by atoms with Gasteiger partial charge in [-0.1, -0.05) is 18.2 Å². The summed E-state index contributed by atoms with van der Waals surface area (Å²) < 4.78 is 0. The maximum absolute atomic E-state index is 12.4. The number of benzene rings is 1. The van der Waals surface area contributed by atoms with Crippen molar-refractivity contribution in [2.45, 2.75) is 0 Å².